The molecule has 1 amide bonds. The molecule has 0 spiro atoms. The number of aromatic nitrogens is 1. The second-order valence-corrected chi connectivity index (χ2v) is 7.20. The quantitative estimate of drug-likeness (QED) is 0.907. The Hall–Kier alpha value is -2.30. The number of fused-ring (bicyclic) bond motifs is 1. The van der Waals surface area contributed by atoms with Crippen LogP contribution in [0.15, 0.2) is 18.2 Å². The number of carbonyl (C=O) groups is 2. The summed E-state index contributed by atoms with van der Waals surface area (Å²) in [7, 11) is 0. The number of likely N-dealkylation sites (tertiary alicyclic amines) is 1. The van der Waals surface area contributed by atoms with Gasteiger partial charge in [0.1, 0.15) is 0 Å². The second-order valence-electron chi connectivity index (χ2n) is 7.20. The smallest absolute Gasteiger partial charge is 0.311 e. The summed E-state index contributed by atoms with van der Waals surface area (Å²) in [5.41, 5.74) is 2.81. The molecule has 1 aliphatic heterocycles. The van der Waals surface area contributed by atoms with Crippen molar-refractivity contribution >= 4 is 22.8 Å². The topological polar surface area (TPSA) is 73.4 Å². The van der Waals surface area contributed by atoms with E-state index in [4.69, 9.17) is 0 Å². The fraction of sp³-hybridized carbons (Fsp3) is 0.474. The predicted octanol–water partition coefficient (Wildman–Crippen LogP) is 3.36. The number of hydrogen-bond acceptors (Lipinski definition) is 2. The van der Waals surface area contributed by atoms with Crippen LogP contribution < -0.4 is 0 Å². The lowest BCUT2D eigenvalue weighted by molar-refractivity contribution is -0.150. The maximum Gasteiger partial charge on any atom is 0.311 e. The van der Waals surface area contributed by atoms with E-state index in [0.29, 0.717) is 18.5 Å². The van der Waals surface area contributed by atoms with Gasteiger partial charge in [-0.25, -0.2) is 0 Å². The highest BCUT2D eigenvalue weighted by atomic mass is 16.4. The number of aliphatic carboxylic acids is 1. The SMILES string of the molecule is Cc1[nH]c2c(C(=O)N3CCC(C(=O)O)(C(C)C)C3)cccc2c1C. The van der Waals surface area contributed by atoms with Crippen LogP contribution in [0.1, 0.15) is 41.9 Å². The van der Waals surface area contributed by atoms with Crippen LogP contribution in [0, 0.1) is 25.2 Å². The molecular formula is C19H24N2O3. The summed E-state index contributed by atoms with van der Waals surface area (Å²) < 4.78 is 0. The number of para-hydroxylation sites is 1. The van der Waals surface area contributed by atoms with Crippen molar-refractivity contribution in [3.63, 3.8) is 0 Å². The molecule has 5 nitrogen and oxygen atoms in total. The molecule has 24 heavy (non-hydrogen) atoms. The van der Waals surface area contributed by atoms with Gasteiger partial charge in [-0.05, 0) is 37.8 Å². The molecule has 128 valence electrons. The molecule has 0 saturated carbocycles. The van der Waals surface area contributed by atoms with Crippen molar-refractivity contribution in [3.8, 4) is 0 Å². The summed E-state index contributed by atoms with van der Waals surface area (Å²) in [4.78, 5) is 29.8. The number of nitrogens with zero attached hydrogens (tertiary/aromatic N) is 1. The Morgan fingerprint density at radius 1 is 1.29 bits per heavy atom. The number of hydrogen-bond donors (Lipinski definition) is 2. The number of H-pyrrole nitrogens is 1. The molecule has 1 aromatic heterocycles. The van der Waals surface area contributed by atoms with Gasteiger partial charge in [-0.3, -0.25) is 9.59 Å². The molecule has 1 unspecified atom stereocenters. The normalized spacial score (nSPS) is 21.0. The third-order valence-corrected chi connectivity index (χ3v) is 5.69. The molecule has 1 atom stereocenters. The highest BCUT2D eigenvalue weighted by Gasteiger charge is 2.48. The zero-order valence-corrected chi connectivity index (χ0v) is 14.6. The van der Waals surface area contributed by atoms with Crippen molar-refractivity contribution in [2.75, 3.05) is 13.1 Å². The summed E-state index contributed by atoms with van der Waals surface area (Å²) in [6, 6.07) is 5.71. The fourth-order valence-electron chi connectivity index (χ4n) is 3.73. The van der Waals surface area contributed by atoms with Crippen molar-refractivity contribution < 1.29 is 14.7 Å². The average Bonchev–Trinajstić information content (AvgIpc) is 3.11. The van der Waals surface area contributed by atoms with Gasteiger partial charge >= 0.3 is 5.97 Å². The van der Waals surface area contributed by atoms with Gasteiger partial charge in [0.15, 0.2) is 0 Å². The Labute approximate surface area is 141 Å². The molecule has 2 heterocycles. The Balaban J connectivity index is 1.97. The number of aromatic amines is 1. The standard InChI is InChI=1S/C19H24N2O3/c1-11(2)19(18(23)24)8-9-21(10-19)17(22)15-7-5-6-14-12(3)13(4)20-16(14)15/h5-7,11,20H,8-10H2,1-4H3,(H,23,24). The average molecular weight is 328 g/mol. The number of carbonyl (C=O) groups excluding carboxylic acids is 1. The zero-order valence-electron chi connectivity index (χ0n) is 14.6. The van der Waals surface area contributed by atoms with Crippen LogP contribution >= 0.6 is 0 Å². The second kappa shape index (κ2) is 5.65. The van der Waals surface area contributed by atoms with E-state index in [1.165, 1.54) is 0 Å². The molecule has 0 radical (unpaired) electrons. The first-order valence-electron chi connectivity index (χ1n) is 8.38. The van der Waals surface area contributed by atoms with Crippen LogP contribution in [0.4, 0.5) is 0 Å². The maximum absolute atomic E-state index is 13.0. The van der Waals surface area contributed by atoms with Crippen molar-refractivity contribution in [1.29, 1.82) is 0 Å². The highest BCUT2D eigenvalue weighted by Crippen LogP contribution is 2.39. The number of carboxylic acid groups (broad SMARTS) is 1. The van der Waals surface area contributed by atoms with Crippen molar-refractivity contribution in [1.82, 2.24) is 9.88 Å². The van der Waals surface area contributed by atoms with Crippen molar-refractivity contribution in [3.05, 3.63) is 35.0 Å². The Morgan fingerprint density at radius 2 is 2.00 bits per heavy atom. The molecule has 0 bridgehead atoms. The lowest BCUT2D eigenvalue weighted by Gasteiger charge is -2.28. The fourth-order valence-corrected chi connectivity index (χ4v) is 3.73. The van der Waals surface area contributed by atoms with Gasteiger partial charge in [0, 0.05) is 24.2 Å². The van der Waals surface area contributed by atoms with E-state index < -0.39 is 11.4 Å². The summed E-state index contributed by atoms with van der Waals surface area (Å²) >= 11 is 0. The molecule has 1 fully saturated rings. The molecule has 1 aliphatic rings. The van der Waals surface area contributed by atoms with Gasteiger partial charge < -0.3 is 15.0 Å². The number of rotatable bonds is 3. The lowest BCUT2D eigenvalue weighted by Crippen LogP contribution is -2.40. The number of carboxylic acids is 1. The molecular weight excluding hydrogens is 304 g/mol. The van der Waals surface area contributed by atoms with Crippen LogP contribution in [0.3, 0.4) is 0 Å². The van der Waals surface area contributed by atoms with Gasteiger partial charge in [-0.1, -0.05) is 26.0 Å². The molecule has 1 aromatic carbocycles. The van der Waals surface area contributed by atoms with Crippen LogP contribution in [-0.4, -0.2) is 40.0 Å². The minimum atomic E-state index is -0.842. The van der Waals surface area contributed by atoms with E-state index in [-0.39, 0.29) is 18.4 Å². The predicted molar refractivity (Wildman–Crippen MR) is 93.2 cm³/mol. The zero-order chi connectivity index (χ0) is 17.6. The largest absolute Gasteiger partial charge is 0.481 e. The van der Waals surface area contributed by atoms with Crippen LogP contribution in [0.2, 0.25) is 0 Å². The van der Waals surface area contributed by atoms with Gasteiger partial charge in [0.25, 0.3) is 5.91 Å². The van der Waals surface area contributed by atoms with Crippen molar-refractivity contribution in [2.24, 2.45) is 11.3 Å². The molecule has 2 N–H and O–H groups in total. The van der Waals surface area contributed by atoms with Crippen LogP contribution in [0.5, 0.6) is 0 Å². The highest BCUT2D eigenvalue weighted by molar-refractivity contribution is 6.07. The van der Waals surface area contributed by atoms with Gasteiger partial charge in [-0.15, -0.1) is 0 Å². The maximum atomic E-state index is 13.0. The third kappa shape index (κ3) is 2.30. The Kier molecular flexibility index (Phi) is 3.90. The first-order valence-corrected chi connectivity index (χ1v) is 8.38. The van der Waals surface area contributed by atoms with E-state index in [1.807, 2.05) is 45.9 Å². The number of aryl methyl sites for hydroxylation is 2. The van der Waals surface area contributed by atoms with Crippen LogP contribution in [-0.2, 0) is 4.79 Å². The number of nitrogens with one attached hydrogen (secondary N) is 1. The van der Waals surface area contributed by atoms with E-state index in [9.17, 15) is 14.7 Å². The third-order valence-electron chi connectivity index (χ3n) is 5.69. The minimum Gasteiger partial charge on any atom is -0.481 e. The Morgan fingerprint density at radius 3 is 2.58 bits per heavy atom. The monoisotopic (exact) mass is 328 g/mol. The van der Waals surface area contributed by atoms with Crippen LogP contribution in [0.25, 0.3) is 10.9 Å². The van der Waals surface area contributed by atoms with E-state index in [0.717, 1.165) is 22.2 Å². The number of amides is 1. The lowest BCUT2D eigenvalue weighted by atomic mass is 9.76. The Bertz CT molecular complexity index is 821. The first-order chi connectivity index (χ1) is 11.3. The molecule has 3 rings (SSSR count). The minimum absolute atomic E-state index is 0.0152. The number of benzene rings is 1. The molecule has 0 aliphatic carbocycles. The first kappa shape index (κ1) is 16.6. The van der Waals surface area contributed by atoms with E-state index >= 15 is 0 Å². The summed E-state index contributed by atoms with van der Waals surface area (Å²) in [5.74, 6) is -0.915. The van der Waals surface area contributed by atoms with Gasteiger partial charge in [0.05, 0.1) is 16.5 Å². The molecule has 2 aromatic rings. The van der Waals surface area contributed by atoms with Gasteiger partial charge in [0.2, 0.25) is 0 Å². The molecule has 5 heteroatoms. The van der Waals surface area contributed by atoms with E-state index in [1.54, 1.807) is 4.90 Å². The van der Waals surface area contributed by atoms with Crippen molar-refractivity contribution in [2.45, 2.75) is 34.1 Å². The summed E-state index contributed by atoms with van der Waals surface area (Å²) in [5, 5.41) is 10.7. The van der Waals surface area contributed by atoms with Gasteiger partial charge in [-0.2, -0.15) is 0 Å². The summed E-state index contributed by atoms with van der Waals surface area (Å²) in [6.07, 6.45) is 0.504. The molecule has 1 saturated heterocycles. The summed E-state index contributed by atoms with van der Waals surface area (Å²) in [6.45, 7) is 8.62. The van der Waals surface area contributed by atoms with E-state index in [2.05, 4.69) is 4.98 Å².